The van der Waals surface area contributed by atoms with Gasteiger partial charge in [0.15, 0.2) is 11.6 Å². The molecule has 2 aromatic heterocycles. The zero-order valence-electron chi connectivity index (χ0n) is 16.2. The molecule has 1 aromatic carbocycles. The zero-order valence-corrected chi connectivity index (χ0v) is 17.0. The topological polar surface area (TPSA) is 42.7 Å². The van der Waals surface area contributed by atoms with Crippen molar-refractivity contribution in [2.45, 2.75) is 52.1 Å². The van der Waals surface area contributed by atoms with Crippen LogP contribution < -0.4 is 5.32 Å². The van der Waals surface area contributed by atoms with Gasteiger partial charge in [-0.1, -0.05) is 39.0 Å². The first-order valence-corrected chi connectivity index (χ1v) is 10.7. The van der Waals surface area contributed by atoms with E-state index in [0.717, 1.165) is 40.8 Å². The lowest BCUT2D eigenvalue weighted by Crippen LogP contribution is -2.48. The van der Waals surface area contributed by atoms with E-state index in [1.807, 2.05) is 0 Å². The van der Waals surface area contributed by atoms with Gasteiger partial charge in [-0.05, 0) is 60.6 Å². The van der Waals surface area contributed by atoms with Crippen LogP contribution in [0.2, 0.25) is 0 Å². The van der Waals surface area contributed by atoms with Gasteiger partial charge >= 0.3 is 0 Å². The standard InChI is InChI=1S/C22H26N4S/c1-21(2,3)15-10-12-22(13-11-15)24-17-8-5-4-7-16(17)20-23-19(25-26(20)22)18-9-6-14-27-18/h4-9,14-15,24H,10-13H2,1-3H3. The first kappa shape index (κ1) is 17.0. The van der Waals surface area contributed by atoms with Crippen molar-refractivity contribution >= 4 is 17.0 Å². The normalized spacial score (nSPS) is 24.3. The maximum atomic E-state index is 5.01. The number of anilines is 1. The summed E-state index contributed by atoms with van der Waals surface area (Å²) in [5.41, 5.74) is 2.54. The van der Waals surface area contributed by atoms with Gasteiger partial charge < -0.3 is 5.32 Å². The summed E-state index contributed by atoms with van der Waals surface area (Å²) in [4.78, 5) is 6.11. The van der Waals surface area contributed by atoms with Crippen molar-refractivity contribution in [1.82, 2.24) is 14.8 Å². The summed E-state index contributed by atoms with van der Waals surface area (Å²) in [7, 11) is 0. The van der Waals surface area contributed by atoms with E-state index in [9.17, 15) is 0 Å². The Morgan fingerprint density at radius 1 is 1.11 bits per heavy atom. The van der Waals surface area contributed by atoms with Crippen LogP contribution in [0.25, 0.3) is 22.1 Å². The van der Waals surface area contributed by atoms with E-state index in [2.05, 4.69) is 72.5 Å². The van der Waals surface area contributed by atoms with Crippen LogP contribution in [0.1, 0.15) is 46.5 Å². The number of rotatable bonds is 1. The third kappa shape index (κ3) is 2.71. The molecule has 1 fully saturated rings. The van der Waals surface area contributed by atoms with Gasteiger partial charge in [-0.15, -0.1) is 16.4 Å². The van der Waals surface area contributed by atoms with Crippen LogP contribution in [0.15, 0.2) is 41.8 Å². The predicted octanol–water partition coefficient (Wildman–Crippen LogP) is 5.99. The van der Waals surface area contributed by atoms with Crippen molar-refractivity contribution in [2.24, 2.45) is 11.3 Å². The molecule has 0 radical (unpaired) electrons. The number of para-hydroxylation sites is 1. The smallest absolute Gasteiger partial charge is 0.191 e. The van der Waals surface area contributed by atoms with E-state index in [4.69, 9.17) is 10.1 Å². The highest BCUT2D eigenvalue weighted by molar-refractivity contribution is 7.13. The Morgan fingerprint density at radius 2 is 1.89 bits per heavy atom. The minimum Gasteiger partial charge on any atom is -0.361 e. The highest BCUT2D eigenvalue weighted by Gasteiger charge is 2.45. The molecule has 1 saturated carbocycles. The molecular formula is C22H26N4S. The molecule has 0 unspecified atom stereocenters. The minimum absolute atomic E-state index is 0.159. The molecule has 1 aliphatic carbocycles. The molecule has 0 bridgehead atoms. The molecule has 0 atom stereocenters. The van der Waals surface area contributed by atoms with Gasteiger partial charge in [-0.2, -0.15) is 0 Å². The number of hydrogen-bond donors (Lipinski definition) is 1. The maximum Gasteiger partial charge on any atom is 0.191 e. The molecule has 1 aliphatic heterocycles. The van der Waals surface area contributed by atoms with Gasteiger partial charge in [0.2, 0.25) is 0 Å². The van der Waals surface area contributed by atoms with Gasteiger partial charge in [-0.3, -0.25) is 0 Å². The molecular weight excluding hydrogens is 352 g/mol. The van der Waals surface area contributed by atoms with Crippen molar-refractivity contribution in [1.29, 1.82) is 0 Å². The van der Waals surface area contributed by atoms with E-state index < -0.39 is 0 Å². The molecule has 1 N–H and O–H groups in total. The van der Waals surface area contributed by atoms with Crippen molar-refractivity contribution < 1.29 is 0 Å². The fraction of sp³-hybridized carbons (Fsp3) is 0.455. The molecule has 0 amide bonds. The Morgan fingerprint density at radius 3 is 2.59 bits per heavy atom. The number of benzene rings is 1. The lowest BCUT2D eigenvalue weighted by atomic mass is 9.69. The number of nitrogens with one attached hydrogen (secondary N) is 1. The summed E-state index contributed by atoms with van der Waals surface area (Å²) in [6.45, 7) is 7.11. The predicted molar refractivity (Wildman–Crippen MR) is 112 cm³/mol. The van der Waals surface area contributed by atoms with Gasteiger partial charge in [0.1, 0.15) is 5.66 Å². The van der Waals surface area contributed by atoms with Crippen LogP contribution in [0.3, 0.4) is 0 Å². The van der Waals surface area contributed by atoms with Crippen LogP contribution >= 0.6 is 11.3 Å². The van der Waals surface area contributed by atoms with Crippen LogP contribution in [0, 0.1) is 11.3 Å². The van der Waals surface area contributed by atoms with Crippen molar-refractivity contribution in [2.75, 3.05) is 5.32 Å². The minimum atomic E-state index is -0.159. The molecule has 3 aromatic rings. The van der Waals surface area contributed by atoms with Gasteiger partial charge in [-0.25, -0.2) is 9.67 Å². The lowest BCUT2D eigenvalue weighted by Gasteiger charge is -2.47. The first-order chi connectivity index (χ1) is 13.0. The Balaban J connectivity index is 1.60. The molecule has 27 heavy (non-hydrogen) atoms. The highest BCUT2D eigenvalue weighted by Crippen LogP contribution is 2.49. The Kier molecular flexibility index (Phi) is 3.73. The van der Waals surface area contributed by atoms with Gasteiger partial charge in [0.25, 0.3) is 0 Å². The fourth-order valence-corrected chi connectivity index (χ4v) is 5.34. The number of aromatic nitrogens is 3. The second kappa shape index (κ2) is 5.93. The largest absolute Gasteiger partial charge is 0.361 e. The molecule has 5 rings (SSSR count). The second-order valence-electron chi connectivity index (χ2n) is 8.99. The molecule has 4 nitrogen and oxygen atoms in total. The molecule has 2 aliphatic rings. The summed E-state index contributed by atoms with van der Waals surface area (Å²) >= 11 is 1.70. The average molecular weight is 379 g/mol. The van der Waals surface area contributed by atoms with Crippen LogP contribution in [0.4, 0.5) is 5.69 Å². The van der Waals surface area contributed by atoms with Gasteiger partial charge in [0, 0.05) is 11.3 Å². The summed E-state index contributed by atoms with van der Waals surface area (Å²) in [5.74, 6) is 2.60. The van der Waals surface area contributed by atoms with Crippen molar-refractivity contribution in [3.63, 3.8) is 0 Å². The van der Waals surface area contributed by atoms with E-state index in [1.54, 1.807) is 11.3 Å². The summed E-state index contributed by atoms with van der Waals surface area (Å²) in [6.07, 6.45) is 4.60. The van der Waals surface area contributed by atoms with Crippen LogP contribution in [-0.2, 0) is 5.66 Å². The summed E-state index contributed by atoms with van der Waals surface area (Å²) < 4.78 is 2.20. The first-order valence-electron chi connectivity index (χ1n) is 9.85. The Labute approximate surface area is 164 Å². The summed E-state index contributed by atoms with van der Waals surface area (Å²) in [6, 6.07) is 12.7. The van der Waals surface area contributed by atoms with E-state index in [-0.39, 0.29) is 5.66 Å². The van der Waals surface area contributed by atoms with E-state index in [0.29, 0.717) is 5.41 Å². The number of fused-ring (bicyclic) bond motifs is 4. The van der Waals surface area contributed by atoms with E-state index >= 15 is 0 Å². The monoisotopic (exact) mass is 378 g/mol. The molecule has 5 heteroatoms. The molecule has 3 heterocycles. The third-order valence-corrected chi connectivity index (χ3v) is 7.19. The quantitative estimate of drug-likeness (QED) is 0.566. The fourth-order valence-electron chi connectivity index (χ4n) is 4.68. The van der Waals surface area contributed by atoms with Crippen molar-refractivity contribution in [3.05, 3.63) is 41.8 Å². The third-order valence-electron chi connectivity index (χ3n) is 6.33. The van der Waals surface area contributed by atoms with Gasteiger partial charge in [0.05, 0.1) is 4.88 Å². The Bertz CT molecular complexity index is 957. The number of hydrogen-bond acceptors (Lipinski definition) is 4. The molecule has 140 valence electrons. The highest BCUT2D eigenvalue weighted by atomic mass is 32.1. The van der Waals surface area contributed by atoms with Crippen LogP contribution in [0.5, 0.6) is 0 Å². The SMILES string of the molecule is CC(C)(C)C1CCC2(CC1)Nc1ccccc1-c1nc(-c3cccs3)nn12. The second-order valence-corrected chi connectivity index (χ2v) is 9.94. The van der Waals surface area contributed by atoms with Crippen molar-refractivity contribution in [3.8, 4) is 22.1 Å². The number of nitrogens with zero attached hydrogens (tertiary/aromatic N) is 3. The molecule has 0 saturated heterocycles. The number of thiophene rings is 1. The maximum absolute atomic E-state index is 5.01. The molecule has 1 spiro atoms. The zero-order chi connectivity index (χ0) is 18.6. The van der Waals surface area contributed by atoms with Crippen LogP contribution in [-0.4, -0.2) is 14.8 Å². The van der Waals surface area contributed by atoms with E-state index in [1.165, 1.54) is 18.5 Å². The lowest BCUT2D eigenvalue weighted by molar-refractivity contribution is 0.102. The Hall–Kier alpha value is -2.14. The average Bonchev–Trinajstić information content (AvgIpc) is 3.32. The summed E-state index contributed by atoms with van der Waals surface area (Å²) in [5, 5.41) is 11.0.